The lowest BCUT2D eigenvalue weighted by Crippen LogP contribution is -2.49. The Morgan fingerprint density at radius 3 is 2.48 bits per heavy atom. The molecule has 1 heterocycles. The zero-order valence-electron chi connectivity index (χ0n) is 13.0. The van der Waals surface area contributed by atoms with E-state index in [1.807, 2.05) is 0 Å². The second-order valence-electron chi connectivity index (χ2n) is 6.33. The average molecular weight is 300 g/mol. The number of hydrogen-bond donors (Lipinski definition) is 2. The van der Waals surface area contributed by atoms with Crippen molar-refractivity contribution < 1.29 is 24.2 Å². The highest BCUT2D eigenvalue weighted by molar-refractivity contribution is 5.85. The molecule has 1 saturated heterocycles. The first kappa shape index (κ1) is 17.3. The Bertz CT molecular complexity index is 416. The van der Waals surface area contributed by atoms with E-state index in [-0.39, 0.29) is 12.5 Å². The quantitative estimate of drug-likeness (QED) is 0.817. The number of hydrogen-bond acceptors (Lipinski definition) is 4. The maximum atomic E-state index is 12.0. The predicted molar refractivity (Wildman–Crippen MR) is 75.8 cm³/mol. The van der Waals surface area contributed by atoms with Crippen molar-refractivity contribution in [3.63, 3.8) is 0 Å². The molecule has 2 atom stereocenters. The van der Waals surface area contributed by atoms with Gasteiger partial charge in [-0.2, -0.15) is 0 Å². The molecule has 0 saturated carbocycles. The first-order valence-corrected chi connectivity index (χ1v) is 7.11. The van der Waals surface area contributed by atoms with Gasteiger partial charge < -0.3 is 20.1 Å². The Labute approximate surface area is 124 Å². The minimum Gasteiger partial charge on any atom is -0.480 e. The normalized spacial score (nSPS) is 20.6. The molecule has 0 radical (unpaired) electrons. The number of amides is 2. The number of carboxylic acids is 1. The summed E-state index contributed by atoms with van der Waals surface area (Å²) < 4.78 is 5.29. The van der Waals surface area contributed by atoms with Gasteiger partial charge in [-0.25, -0.2) is 4.79 Å². The molecule has 0 aromatic rings. The highest BCUT2D eigenvalue weighted by Crippen LogP contribution is 2.19. The molecule has 7 nitrogen and oxygen atoms in total. The van der Waals surface area contributed by atoms with Crippen LogP contribution >= 0.6 is 0 Å². The smallest absolute Gasteiger partial charge is 0.410 e. The summed E-state index contributed by atoms with van der Waals surface area (Å²) >= 11 is 0. The van der Waals surface area contributed by atoms with Gasteiger partial charge in [0.25, 0.3) is 0 Å². The standard InChI is InChI=1S/C14H24N2O5/c1-9(12(18)19)15-11(17)10-6-5-7-16(8-10)13(20)21-14(2,3)4/h9-10H,5-8H2,1-4H3,(H,15,17)(H,18,19). The van der Waals surface area contributed by atoms with Crippen molar-refractivity contribution >= 4 is 18.0 Å². The Kier molecular flexibility index (Phi) is 5.57. The van der Waals surface area contributed by atoms with Crippen LogP contribution in [0.2, 0.25) is 0 Å². The molecule has 7 heteroatoms. The molecule has 0 aromatic carbocycles. The van der Waals surface area contributed by atoms with E-state index in [1.165, 1.54) is 11.8 Å². The van der Waals surface area contributed by atoms with Crippen LogP contribution in [0.4, 0.5) is 4.79 Å². The van der Waals surface area contributed by atoms with Gasteiger partial charge in [-0.15, -0.1) is 0 Å². The van der Waals surface area contributed by atoms with Crippen LogP contribution < -0.4 is 5.32 Å². The number of ether oxygens (including phenoxy) is 1. The summed E-state index contributed by atoms with van der Waals surface area (Å²) in [4.78, 5) is 36.3. The van der Waals surface area contributed by atoms with Crippen LogP contribution in [-0.2, 0) is 14.3 Å². The Hall–Kier alpha value is -1.79. The first-order chi connectivity index (χ1) is 9.60. The van der Waals surface area contributed by atoms with Crippen molar-refractivity contribution in [3.05, 3.63) is 0 Å². The summed E-state index contributed by atoms with van der Waals surface area (Å²) in [5, 5.41) is 11.2. The molecule has 2 N–H and O–H groups in total. The molecule has 0 aromatic heterocycles. The average Bonchev–Trinajstić information content (AvgIpc) is 2.36. The van der Waals surface area contributed by atoms with Gasteiger partial charge in [0, 0.05) is 13.1 Å². The van der Waals surface area contributed by atoms with Crippen LogP contribution in [0.1, 0.15) is 40.5 Å². The number of nitrogens with one attached hydrogen (secondary N) is 1. The highest BCUT2D eigenvalue weighted by atomic mass is 16.6. The van der Waals surface area contributed by atoms with Crippen LogP contribution in [0.15, 0.2) is 0 Å². The Morgan fingerprint density at radius 1 is 1.33 bits per heavy atom. The topological polar surface area (TPSA) is 95.9 Å². The van der Waals surface area contributed by atoms with Crippen molar-refractivity contribution in [2.45, 2.75) is 52.2 Å². The number of likely N-dealkylation sites (tertiary alicyclic amines) is 1. The number of nitrogens with zero attached hydrogens (tertiary/aromatic N) is 1. The molecule has 0 aliphatic carbocycles. The molecule has 1 aliphatic rings. The van der Waals surface area contributed by atoms with E-state index in [4.69, 9.17) is 9.84 Å². The van der Waals surface area contributed by atoms with Crippen molar-refractivity contribution in [2.24, 2.45) is 5.92 Å². The van der Waals surface area contributed by atoms with Gasteiger partial charge in [-0.1, -0.05) is 0 Å². The second kappa shape index (κ2) is 6.78. The Morgan fingerprint density at radius 2 is 1.95 bits per heavy atom. The van der Waals surface area contributed by atoms with Crippen LogP contribution in [0.3, 0.4) is 0 Å². The van der Waals surface area contributed by atoms with E-state index in [9.17, 15) is 14.4 Å². The number of carbonyl (C=O) groups excluding carboxylic acids is 2. The molecule has 0 bridgehead atoms. The SMILES string of the molecule is CC(NC(=O)C1CCCN(C(=O)OC(C)(C)C)C1)C(=O)O. The minimum absolute atomic E-state index is 0.257. The third-order valence-corrected chi connectivity index (χ3v) is 3.17. The van der Waals surface area contributed by atoms with Gasteiger partial charge in [0.15, 0.2) is 0 Å². The fourth-order valence-corrected chi connectivity index (χ4v) is 2.08. The van der Waals surface area contributed by atoms with E-state index in [2.05, 4.69) is 5.32 Å². The molecule has 2 amide bonds. The maximum absolute atomic E-state index is 12.0. The van der Waals surface area contributed by atoms with E-state index in [0.717, 1.165) is 0 Å². The number of aliphatic carboxylic acids is 1. The monoisotopic (exact) mass is 300 g/mol. The van der Waals surface area contributed by atoms with Gasteiger partial charge >= 0.3 is 12.1 Å². The van der Waals surface area contributed by atoms with Gasteiger partial charge in [-0.3, -0.25) is 9.59 Å². The minimum atomic E-state index is -1.08. The van der Waals surface area contributed by atoms with E-state index in [0.29, 0.717) is 19.4 Å². The van der Waals surface area contributed by atoms with Gasteiger partial charge in [0.2, 0.25) is 5.91 Å². The van der Waals surface area contributed by atoms with Crippen molar-refractivity contribution in [1.29, 1.82) is 0 Å². The predicted octanol–water partition coefficient (Wildman–Crippen LogP) is 1.22. The van der Waals surface area contributed by atoms with Crippen LogP contribution in [-0.4, -0.2) is 52.7 Å². The molecule has 0 spiro atoms. The summed E-state index contributed by atoms with van der Waals surface area (Å²) in [6.07, 6.45) is 0.891. The fraction of sp³-hybridized carbons (Fsp3) is 0.786. The van der Waals surface area contributed by atoms with Crippen molar-refractivity contribution in [3.8, 4) is 0 Å². The molecule has 21 heavy (non-hydrogen) atoms. The van der Waals surface area contributed by atoms with Gasteiger partial charge in [0.1, 0.15) is 11.6 Å². The lowest BCUT2D eigenvalue weighted by molar-refractivity contribution is -0.142. The van der Waals surface area contributed by atoms with E-state index in [1.54, 1.807) is 20.8 Å². The molecular weight excluding hydrogens is 276 g/mol. The molecule has 1 rings (SSSR count). The second-order valence-corrected chi connectivity index (χ2v) is 6.33. The molecule has 120 valence electrons. The van der Waals surface area contributed by atoms with Crippen molar-refractivity contribution in [1.82, 2.24) is 10.2 Å². The fourth-order valence-electron chi connectivity index (χ4n) is 2.08. The maximum Gasteiger partial charge on any atom is 0.410 e. The summed E-state index contributed by atoms with van der Waals surface area (Å²) in [6.45, 7) is 7.57. The van der Waals surface area contributed by atoms with Crippen LogP contribution in [0.25, 0.3) is 0 Å². The lowest BCUT2D eigenvalue weighted by atomic mass is 9.97. The van der Waals surface area contributed by atoms with Crippen LogP contribution in [0.5, 0.6) is 0 Å². The van der Waals surface area contributed by atoms with Gasteiger partial charge in [-0.05, 0) is 40.5 Å². The van der Waals surface area contributed by atoms with Crippen molar-refractivity contribution in [2.75, 3.05) is 13.1 Å². The van der Waals surface area contributed by atoms with Gasteiger partial charge in [0.05, 0.1) is 5.92 Å². The molecule has 2 unspecified atom stereocenters. The molecular formula is C14H24N2O5. The summed E-state index contributed by atoms with van der Waals surface area (Å²) in [6, 6.07) is -0.936. The molecule has 1 aliphatic heterocycles. The van der Waals surface area contributed by atoms with E-state index < -0.39 is 29.6 Å². The number of carboxylic acid groups (broad SMARTS) is 1. The first-order valence-electron chi connectivity index (χ1n) is 7.11. The third kappa shape index (κ3) is 5.61. The summed E-state index contributed by atoms with van der Waals surface area (Å²) in [5.74, 6) is -1.81. The zero-order chi connectivity index (χ0) is 16.2. The summed E-state index contributed by atoms with van der Waals surface area (Å²) in [7, 11) is 0. The molecule has 1 fully saturated rings. The highest BCUT2D eigenvalue weighted by Gasteiger charge is 2.31. The zero-order valence-corrected chi connectivity index (χ0v) is 13.0. The third-order valence-electron chi connectivity index (χ3n) is 3.17. The largest absolute Gasteiger partial charge is 0.480 e. The Balaban J connectivity index is 2.57. The lowest BCUT2D eigenvalue weighted by Gasteiger charge is -2.33. The number of carbonyl (C=O) groups is 3. The number of piperidine rings is 1. The van der Waals surface area contributed by atoms with E-state index >= 15 is 0 Å². The summed E-state index contributed by atoms with van der Waals surface area (Å²) in [5.41, 5.74) is -0.579. The van der Waals surface area contributed by atoms with Crippen LogP contribution in [0, 0.1) is 5.92 Å². The number of rotatable bonds is 3.